The van der Waals surface area contributed by atoms with Crippen molar-refractivity contribution in [2.45, 2.75) is 64.1 Å². The number of aliphatic hydroxyl groups is 2. The van der Waals surface area contributed by atoms with Crippen molar-refractivity contribution < 1.29 is 20.1 Å². The maximum atomic E-state index is 9.98. The molecule has 21 heavy (non-hydrogen) atoms. The van der Waals surface area contributed by atoms with Gasteiger partial charge in [0.1, 0.15) is 0 Å². The summed E-state index contributed by atoms with van der Waals surface area (Å²) in [6.07, 6.45) is 4.84. The second kappa shape index (κ2) is 9.64. The normalized spacial score (nSPS) is 13.9. The Morgan fingerprint density at radius 1 is 1.10 bits per heavy atom. The Labute approximate surface area is 127 Å². The fourth-order valence-corrected chi connectivity index (χ4v) is 2.39. The summed E-state index contributed by atoms with van der Waals surface area (Å²) < 4.78 is 5.06. The molecule has 0 spiro atoms. The van der Waals surface area contributed by atoms with E-state index >= 15 is 0 Å². The quantitative estimate of drug-likeness (QED) is 0.580. The van der Waals surface area contributed by atoms with Crippen LogP contribution in [0.4, 0.5) is 0 Å². The number of phenols is 1. The predicted octanol–water partition coefficient (Wildman–Crippen LogP) is 3.03. The minimum atomic E-state index is -0.499. The van der Waals surface area contributed by atoms with E-state index in [0.717, 1.165) is 31.2 Å². The maximum absolute atomic E-state index is 9.98. The van der Waals surface area contributed by atoms with Crippen molar-refractivity contribution in [2.24, 2.45) is 0 Å². The van der Waals surface area contributed by atoms with Crippen molar-refractivity contribution in [1.29, 1.82) is 0 Å². The van der Waals surface area contributed by atoms with Gasteiger partial charge in [-0.15, -0.1) is 0 Å². The van der Waals surface area contributed by atoms with E-state index in [1.807, 2.05) is 6.07 Å². The molecule has 0 amide bonds. The first-order valence-corrected chi connectivity index (χ1v) is 7.78. The summed E-state index contributed by atoms with van der Waals surface area (Å²) in [6, 6.07) is 5.20. The first-order chi connectivity index (χ1) is 10.1. The molecule has 0 radical (unpaired) electrons. The zero-order valence-corrected chi connectivity index (χ0v) is 13.1. The van der Waals surface area contributed by atoms with Crippen LogP contribution in [-0.4, -0.2) is 34.6 Å². The Hall–Kier alpha value is -1.26. The van der Waals surface area contributed by atoms with Gasteiger partial charge in [-0.2, -0.15) is 0 Å². The highest BCUT2D eigenvalue weighted by Crippen LogP contribution is 2.27. The van der Waals surface area contributed by atoms with Crippen LogP contribution in [0.3, 0.4) is 0 Å². The van der Waals surface area contributed by atoms with Crippen molar-refractivity contribution >= 4 is 0 Å². The highest BCUT2D eigenvalue weighted by atomic mass is 16.5. The van der Waals surface area contributed by atoms with Crippen molar-refractivity contribution in [2.75, 3.05) is 7.11 Å². The molecular weight excluding hydrogens is 268 g/mol. The number of phenolic OH excluding ortho intramolecular Hbond substituents is 1. The Bertz CT molecular complexity index is 406. The summed E-state index contributed by atoms with van der Waals surface area (Å²) in [5.74, 6) is 0.565. The number of aryl methyl sites for hydroxylation is 1. The molecule has 1 unspecified atom stereocenters. The van der Waals surface area contributed by atoms with Gasteiger partial charge in [-0.25, -0.2) is 0 Å². The zero-order chi connectivity index (χ0) is 15.7. The zero-order valence-electron chi connectivity index (χ0n) is 13.1. The number of unbranched alkanes of at least 4 members (excludes halogenated alkanes) is 2. The number of methoxy groups -OCH3 is 1. The van der Waals surface area contributed by atoms with Crippen LogP contribution in [0, 0.1) is 0 Å². The van der Waals surface area contributed by atoms with Gasteiger partial charge in [0.05, 0.1) is 19.3 Å². The monoisotopic (exact) mass is 296 g/mol. The first-order valence-electron chi connectivity index (χ1n) is 7.78. The third kappa shape index (κ3) is 6.82. The van der Waals surface area contributed by atoms with Gasteiger partial charge >= 0.3 is 0 Å². The van der Waals surface area contributed by atoms with E-state index in [1.165, 1.54) is 7.11 Å². The van der Waals surface area contributed by atoms with Gasteiger partial charge in [0, 0.05) is 0 Å². The van der Waals surface area contributed by atoms with E-state index < -0.39 is 12.2 Å². The van der Waals surface area contributed by atoms with Crippen molar-refractivity contribution in [3.63, 3.8) is 0 Å². The van der Waals surface area contributed by atoms with E-state index in [2.05, 4.69) is 6.92 Å². The largest absolute Gasteiger partial charge is 0.504 e. The van der Waals surface area contributed by atoms with E-state index in [9.17, 15) is 15.3 Å². The molecule has 0 saturated carbocycles. The van der Waals surface area contributed by atoms with Crippen LogP contribution in [0.5, 0.6) is 11.5 Å². The van der Waals surface area contributed by atoms with Gasteiger partial charge in [0.15, 0.2) is 11.5 Å². The van der Waals surface area contributed by atoms with Crippen LogP contribution in [0.1, 0.15) is 51.0 Å². The minimum absolute atomic E-state index is 0.119. The standard InChI is InChI=1S/C17H28O4/c1-3-4-5-6-14(18)12-15(19)9-7-13-8-10-16(20)17(11-13)21-2/h8,10-11,14-15,18-20H,3-7,9,12H2,1-2H3/t14-,15?/m0/s1. The maximum Gasteiger partial charge on any atom is 0.160 e. The second-order valence-electron chi connectivity index (χ2n) is 5.58. The summed E-state index contributed by atoms with van der Waals surface area (Å²) in [4.78, 5) is 0. The molecule has 0 bridgehead atoms. The molecular formula is C17H28O4. The summed E-state index contributed by atoms with van der Waals surface area (Å²) in [5, 5.41) is 29.4. The van der Waals surface area contributed by atoms with Crippen LogP contribution in [0.25, 0.3) is 0 Å². The van der Waals surface area contributed by atoms with E-state index in [1.54, 1.807) is 12.1 Å². The van der Waals surface area contributed by atoms with Gasteiger partial charge < -0.3 is 20.1 Å². The third-order valence-corrected chi connectivity index (χ3v) is 3.70. The van der Waals surface area contributed by atoms with Crippen molar-refractivity contribution in [1.82, 2.24) is 0 Å². The van der Waals surface area contributed by atoms with Crippen LogP contribution < -0.4 is 4.74 Å². The van der Waals surface area contributed by atoms with E-state index in [4.69, 9.17) is 4.74 Å². The number of hydrogen-bond donors (Lipinski definition) is 3. The summed E-state index contributed by atoms with van der Waals surface area (Å²) in [7, 11) is 1.51. The van der Waals surface area contributed by atoms with E-state index in [-0.39, 0.29) is 5.75 Å². The lowest BCUT2D eigenvalue weighted by Gasteiger charge is -2.16. The number of rotatable bonds is 10. The average Bonchev–Trinajstić information content (AvgIpc) is 2.46. The highest BCUT2D eigenvalue weighted by Gasteiger charge is 2.12. The fourth-order valence-electron chi connectivity index (χ4n) is 2.39. The van der Waals surface area contributed by atoms with Crippen molar-refractivity contribution in [3.05, 3.63) is 23.8 Å². The van der Waals surface area contributed by atoms with Gasteiger partial charge in [-0.1, -0.05) is 32.3 Å². The Morgan fingerprint density at radius 3 is 2.48 bits per heavy atom. The predicted molar refractivity (Wildman–Crippen MR) is 83.8 cm³/mol. The Balaban J connectivity index is 2.33. The molecule has 0 saturated heterocycles. The van der Waals surface area contributed by atoms with E-state index in [0.29, 0.717) is 25.0 Å². The SMILES string of the molecule is CCCCC[C@H](O)CC(O)CCc1ccc(O)c(OC)c1. The van der Waals surface area contributed by atoms with Gasteiger partial charge in [0.2, 0.25) is 0 Å². The fraction of sp³-hybridized carbons (Fsp3) is 0.647. The highest BCUT2D eigenvalue weighted by molar-refractivity contribution is 5.41. The molecule has 0 heterocycles. The number of aliphatic hydroxyl groups excluding tert-OH is 2. The van der Waals surface area contributed by atoms with Gasteiger partial charge in [-0.3, -0.25) is 0 Å². The molecule has 0 aliphatic rings. The lowest BCUT2D eigenvalue weighted by Crippen LogP contribution is -2.18. The van der Waals surface area contributed by atoms with Crippen LogP contribution in [0.15, 0.2) is 18.2 Å². The molecule has 4 nitrogen and oxygen atoms in total. The van der Waals surface area contributed by atoms with Crippen LogP contribution in [0.2, 0.25) is 0 Å². The molecule has 0 fully saturated rings. The lowest BCUT2D eigenvalue weighted by atomic mass is 10.00. The van der Waals surface area contributed by atoms with Gasteiger partial charge in [0.25, 0.3) is 0 Å². The summed E-state index contributed by atoms with van der Waals surface area (Å²) in [5.41, 5.74) is 1.00. The minimum Gasteiger partial charge on any atom is -0.504 e. The topological polar surface area (TPSA) is 69.9 Å². The smallest absolute Gasteiger partial charge is 0.160 e. The number of hydrogen-bond acceptors (Lipinski definition) is 4. The average molecular weight is 296 g/mol. The third-order valence-electron chi connectivity index (χ3n) is 3.70. The molecule has 2 atom stereocenters. The lowest BCUT2D eigenvalue weighted by molar-refractivity contribution is 0.0698. The first kappa shape index (κ1) is 17.8. The number of aromatic hydroxyl groups is 1. The molecule has 0 aliphatic heterocycles. The molecule has 120 valence electrons. The molecule has 1 aromatic rings. The molecule has 1 rings (SSSR count). The van der Waals surface area contributed by atoms with Gasteiger partial charge in [-0.05, 0) is 43.4 Å². The molecule has 3 N–H and O–H groups in total. The molecule has 1 aromatic carbocycles. The van der Waals surface area contributed by atoms with Crippen LogP contribution in [-0.2, 0) is 6.42 Å². The molecule has 0 aromatic heterocycles. The Kier molecular flexibility index (Phi) is 8.16. The summed E-state index contributed by atoms with van der Waals surface area (Å²) in [6.45, 7) is 2.13. The molecule has 0 aliphatic carbocycles. The molecule has 4 heteroatoms. The second-order valence-corrected chi connectivity index (χ2v) is 5.58. The van der Waals surface area contributed by atoms with Crippen LogP contribution >= 0.6 is 0 Å². The summed E-state index contributed by atoms with van der Waals surface area (Å²) >= 11 is 0. The number of benzene rings is 1. The number of ether oxygens (including phenoxy) is 1. The Morgan fingerprint density at radius 2 is 1.81 bits per heavy atom. The van der Waals surface area contributed by atoms with Crippen molar-refractivity contribution in [3.8, 4) is 11.5 Å².